The van der Waals surface area contributed by atoms with Crippen LogP contribution in [0.1, 0.15) is 31.7 Å². The van der Waals surface area contributed by atoms with Gasteiger partial charge in [0.25, 0.3) is 0 Å². The minimum atomic E-state index is 0.616. The summed E-state index contributed by atoms with van der Waals surface area (Å²) >= 11 is 0. The molecule has 1 unspecified atom stereocenters. The van der Waals surface area contributed by atoms with E-state index in [9.17, 15) is 0 Å². The Morgan fingerprint density at radius 3 is 1.94 bits per heavy atom. The third-order valence-electron chi connectivity index (χ3n) is 3.10. The number of hydrogen-bond donors (Lipinski definition) is 0. The van der Waals surface area contributed by atoms with Gasteiger partial charge in [0.15, 0.2) is 0 Å². The van der Waals surface area contributed by atoms with Crippen molar-refractivity contribution in [1.82, 2.24) is 9.80 Å². The van der Waals surface area contributed by atoms with Crippen molar-refractivity contribution in [2.24, 2.45) is 4.99 Å². The Labute approximate surface area is 111 Å². The van der Waals surface area contributed by atoms with Crippen molar-refractivity contribution in [1.29, 1.82) is 0 Å². The number of hydrogen-bond acceptors (Lipinski definition) is 1. The Kier molecular flexibility index (Phi) is 5.20. The summed E-state index contributed by atoms with van der Waals surface area (Å²) in [5.41, 5.74) is 2.38. The van der Waals surface area contributed by atoms with Crippen molar-refractivity contribution < 1.29 is 0 Å². The molecule has 0 aliphatic rings. The monoisotopic (exact) mass is 247 g/mol. The van der Waals surface area contributed by atoms with E-state index < -0.39 is 0 Å². The first kappa shape index (κ1) is 14.6. The Morgan fingerprint density at radius 1 is 1.06 bits per heavy atom. The van der Waals surface area contributed by atoms with Crippen LogP contribution in [0.15, 0.2) is 29.3 Å². The maximum absolute atomic E-state index is 4.65. The van der Waals surface area contributed by atoms with Crippen molar-refractivity contribution in [2.45, 2.75) is 26.2 Å². The van der Waals surface area contributed by atoms with E-state index >= 15 is 0 Å². The summed E-state index contributed by atoms with van der Waals surface area (Å²) in [5, 5.41) is 0. The van der Waals surface area contributed by atoms with Crippen LogP contribution in [-0.4, -0.2) is 44.0 Å². The van der Waals surface area contributed by atoms with Gasteiger partial charge in [0.1, 0.15) is 0 Å². The SMILES string of the molecule is CCC(C)c1ccc(N=C(N(C)C)N(C)C)cc1. The van der Waals surface area contributed by atoms with Crippen LogP contribution in [0.5, 0.6) is 0 Å². The fourth-order valence-corrected chi connectivity index (χ4v) is 1.83. The van der Waals surface area contributed by atoms with Gasteiger partial charge in [-0.1, -0.05) is 26.0 Å². The number of guanidine groups is 1. The van der Waals surface area contributed by atoms with E-state index in [1.807, 2.05) is 38.0 Å². The van der Waals surface area contributed by atoms with Crippen LogP contribution in [0.25, 0.3) is 0 Å². The molecule has 0 spiro atoms. The Balaban J connectivity index is 2.94. The molecule has 1 rings (SSSR count). The fourth-order valence-electron chi connectivity index (χ4n) is 1.83. The molecule has 0 aliphatic heterocycles. The molecule has 0 bridgehead atoms. The fraction of sp³-hybridized carbons (Fsp3) is 0.533. The van der Waals surface area contributed by atoms with Crippen LogP contribution < -0.4 is 0 Å². The number of benzene rings is 1. The quantitative estimate of drug-likeness (QED) is 0.603. The smallest absolute Gasteiger partial charge is 0.200 e. The van der Waals surface area contributed by atoms with Crippen LogP contribution in [0.4, 0.5) is 5.69 Å². The summed E-state index contributed by atoms with van der Waals surface area (Å²) in [7, 11) is 8.03. The predicted molar refractivity (Wildman–Crippen MR) is 79.6 cm³/mol. The molecular formula is C15H25N3. The highest BCUT2D eigenvalue weighted by Gasteiger charge is 2.05. The Bertz CT molecular complexity index is 381. The molecule has 0 N–H and O–H groups in total. The molecule has 1 aromatic rings. The van der Waals surface area contributed by atoms with Gasteiger partial charge < -0.3 is 9.80 Å². The summed E-state index contributed by atoms with van der Waals surface area (Å²) in [5.74, 6) is 1.57. The summed E-state index contributed by atoms with van der Waals surface area (Å²) in [6.07, 6.45) is 1.17. The molecule has 0 heterocycles. The van der Waals surface area contributed by atoms with Gasteiger partial charge in [0.2, 0.25) is 5.96 Å². The van der Waals surface area contributed by atoms with Crippen molar-refractivity contribution in [3.05, 3.63) is 29.8 Å². The van der Waals surface area contributed by atoms with Crippen molar-refractivity contribution in [2.75, 3.05) is 28.2 Å². The van der Waals surface area contributed by atoms with E-state index in [2.05, 4.69) is 43.1 Å². The Morgan fingerprint density at radius 2 is 1.56 bits per heavy atom. The topological polar surface area (TPSA) is 18.8 Å². The highest BCUT2D eigenvalue weighted by Crippen LogP contribution is 2.22. The van der Waals surface area contributed by atoms with Crippen molar-refractivity contribution in [3.8, 4) is 0 Å². The number of aliphatic imine (C=N–C) groups is 1. The van der Waals surface area contributed by atoms with E-state index in [-0.39, 0.29) is 0 Å². The van der Waals surface area contributed by atoms with E-state index in [4.69, 9.17) is 0 Å². The van der Waals surface area contributed by atoms with Gasteiger partial charge in [0, 0.05) is 28.2 Å². The number of rotatable bonds is 3. The minimum absolute atomic E-state index is 0.616. The second-order valence-corrected chi connectivity index (χ2v) is 5.10. The lowest BCUT2D eigenvalue weighted by molar-refractivity contribution is 0.484. The lowest BCUT2D eigenvalue weighted by atomic mass is 9.99. The number of nitrogens with zero attached hydrogens (tertiary/aromatic N) is 3. The highest BCUT2D eigenvalue weighted by molar-refractivity contribution is 5.81. The molecule has 0 fully saturated rings. The summed E-state index contributed by atoms with van der Waals surface area (Å²) < 4.78 is 0. The first-order valence-corrected chi connectivity index (χ1v) is 6.49. The molecule has 0 saturated carbocycles. The van der Waals surface area contributed by atoms with Gasteiger partial charge in [-0.05, 0) is 30.0 Å². The van der Waals surface area contributed by atoms with Gasteiger partial charge >= 0.3 is 0 Å². The zero-order chi connectivity index (χ0) is 13.7. The molecule has 1 aromatic carbocycles. The predicted octanol–water partition coefficient (Wildman–Crippen LogP) is 3.31. The van der Waals surface area contributed by atoms with E-state index in [0.717, 1.165) is 11.6 Å². The zero-order valence-corrected chi connectivity index (χ0v) is 12.4. The summed E-state index contributed by atoms with van der Waals surface area (Å²) in [6, 6.07) is 8.54. The van der Waals surface area contributed by atoms with Gasteiger partial charge in [0.05, 0.1) is 5.69 Å². The van der Waals surface area contributed by atoms with Crippen LogP contribution in [0.2, 0.25) is 0 Å². The van der Waals surface area contributed by atoms with E-state index in [1.165, 1.54) is 12.0 Å². The lowest BCUT2D eigenvalue weighted by Gasteiger charge is -2.22. The van der Waals surface area contributed by atoms with Gasteiger partial charge in [-0.2, -0.15) is 0 Å². The van der Waals surface area contributed by atoms with Crippen LogP contribution >= 0.6 is 0 Å². The average Bonchev–Trinajstić information content (AvgIpc) is 2.35. The first-order chi connectivity index (χ1) is 8.45. The van der Waals surface area contributed by atoms with Crippen LogP contribution in [-0.2, 0) is 0 Å². The van der Waals surface area contributed by atoms with Gasteiger partial charge in [-0.3, -0.25) is 0 Å². The molecule has 3 nitrogen and oxygen atoms in total. The lowest BCUT2D eigenvalue weighted by Crippen LogP contribution is -2.35. The van der Waals surface area contributed by atoms with Crippen LogP contribution in [0, 0.1) is 0 Å². The molecule has 18 heavy (non-hydrogen) atoms. The Hall–Kier alpha value is -1.51. The van der Waals surface area contributed by atoms with E-state index in [1.54, 1.807) is 0 Å². The maximum atomic E-state index is 4.65. The third-order valence-corrected chi connectivity index (χ3v) is 3.10. The average molecular weight is 247 g/mol. The maximum Gasteiger partial charge on any atom is 0.200 e. The molecule has 100 valence electrons. The first-order valence-electron chi connectivity index (χ1n) is 6.49. The second-order valence-electron chi connectivity index (χ2n) is 5.10. The third kappa shape index (κ3) is 3.76. The molecule has 1 atom stereocenters. The molecule has 0 aromatic heterocycles. The normalized spacial score (nSPS) is 11.9. The van der Waals surface area contributed by atoms with E-state index in [0.29, 0.717) is 5.92 Å². The molecule has 0 radical (unpaired) electrons. The second kappa shape index (κ2) is 6.43. The molecule has 0 aliphatic carbocycles. The summed E-state index contributed by atoms with van der Waals surface area (Å²) in [6.45, 7) is 4.47. The molecule has 0 amide bonds. The highest BCUT2D eigenvalue weighted by atomic mass is 15.3. The zero-order valence-electron chi connectivity index (χ0n) is 12.4. The molecular weight excluding hydrogens is 222 g/mol. The van der Waals surface area contributed by atoms with Crippen molar-refractivity contribution in [3.63, 3.8) is 0 Å². The summed E-state index contributed by atoms with van der Waals surface area (Å²) in [4.78, 5) is 8.69. The van der Waals surface area contributed by atoms with Crippen molar-refractivity contribution >= 4 is 11.6 Å². The molecule has 3 heteroatoms. The van der Waals surface area contributed by atoms with Gasteiger partial charge in [-0.25, -0.2) is 4.99 Å². The van der Waals surface area contributed by atoms with Crippen LogP contribution in [0.3, 0.4) is 0 Å². The minimum Gasteiger partial charge on any atom is -0.349 e. The molecule has 0 saturated heterocycles. The van der Waals surface area contributed by atoms with Gasteiger partial charge in [-0.15, -0.1) is 0 Å². The standard InChI is InChI=1S/C15H25N3/c1-7-12(2)13-8-10-14(11-9-13)16-15(17(3)4)18(5)6/h8-12H,7H2,1-6H3. The largest absolute Gasteiger partial charge is 0.349 e.